The van der Waals surface area contributed by atoms with Gasteiger partial charge in [-0.15, -0.1) is 0 Å². The van der Waals surface area contributed by atoms with Gasteiger partial charge in [0, 0.05) is 18.3 Å². The molecule has 1 N–H and O–H groups in total. The summed E-state index contributed by atoms with van der Waals surface area (Å²) in [5.74, 6) is 0.369. The fourth-order valence-electron chi connectivity index (χ4n) is 4.62. The van der Waals surface area contributed by atoms with E-state index in [0.29, 0.717) is 19.4 Å². The Morgan fingerprint density at radius 3 is 2.32 bits per heavy atom. The van der Waals surface area contributed by atoms with Crippen LogP contribution in [0.1, 0.15) is 129 Å². The molecule has 1 unspecified atom stereocenters. The average molecular weight is 477 g/mol. The van der Waals surface area contributed by atoms with E-state index < -0.39 is 0 Å². The van der Waals surface area contributed by atoms with Crippen molar-refractivity contribution < 1.29 is 19.4 Å². The molecule has 1 rings (SSSR count). The van der Waals surface area contributed by atoms with Gasteiger partial charge < -0.3 is 9.84 Å². The molecule has 34 heavy (non-hydrogen) atoms. The average Bonchev–Trinajstić information content (AvgIpc) is 3.18. The molecule has 0 aromatic rings. The molecule has 0 fully saturated rings. The van der Waals surface area contributed by atoms with Gasteiger partial charge in [-0.1, -0.05) is 109 Å². The summed E-state index contributed by atoms with van der Waals surface area (Å²) < 4.78 is 5.36. The molecular weight excluding hydrogens is 424 g/mol. The first kappa shape index (κ1) is 30.6. The number of unbranched alkanes of at least 4 members (excludes halogenated alkanes) is 11. The zero-order valence-corrected chi connectivity index (χ0v) is 22.1. The molecule has 0 aliphatic heterocycles. The fraction of sp³-hybridized carbons (Fsp3) is 0.800. The Balaban J connectivity index is 2.03. The molecule has 0 bridgehead atoms. The van der Waals surface area contributed by atoms with Crippen molar-refractivity contribution in [2.45, 2.75) is 136 Å². The van der Waals surface area contributed by atoms with Gasteiger partial charge in [0.05, 0.1) is 12.7 Å². The number of aliphatic hydroxyl groups is 1. The van der Waals surface area contributed by atoms with Gasteiger partial charge in [-0.05, 0) is 38.2 Å². The summed E-state index contributed by atoms with van der Waals surface area (Å²) in [5.41, 5.74) is 0. The molecule has 0 spiro atoms. The maximum absolute atomic E-state index is 12.2. The maximum atomic E-state index is 12.2. The number of ketones is 1. The van der Waals surface area contributed by atoms with Gasteiger partial charge in [-0.25, -0.2) is 0 Å². The molecule has 0 saturated heterocycles. The number of hydrogen-bond donors (Lipinski definition) is 1. The monoisotopic (exact) mass is 476 g/mol. The Kier molecular flexibility index (Phi) is 18.8. The molecule has 0 radical (unpaired) electrons. The van der Waals surface area contributed by atoms with Crippen LogP contribution in [0.25, 0.3) is 0 Å². The van der Waals surface area contributed by atoms with Crippen LogP contribution in [0.5, 0.6) is 0 Å². The highest BCUT2D eigenvalue weighted by atomic mass is 16.5. The van der Waals surface area contributed by atoms with Crippen LogP contribution in [-0.2, 0) is 14.3 Å². The Morgan fingerprint density at radius 2 is 1.59 bits per heavy atom. The first-order valence-electron chi connectivity index (χ1n) is 14.3. The van der Waals surface area contributed by atoms with Gasteiger partial charge in [0.2, 0.25) is 0 Å². The van der Waals surface area contributed by atoms with Crippen LogP contribution < -0.4 is 0 Å². The van der Waals surface area contributed by atoms with Gasteiger partial charge in [0.1, 0.15) is 0 Å². The SMILES string of the molecule is CCCCCCCCCCOC(=O)CCCCCC[C@H]1C(=O)C=C[C@@H]1/C=C/CC(O)CCCC. The second-order valence-corrected chi connectivity index (χ2v) is 10.1. The summed E-state index contributed by atoms with van der Waals surface area (Å²) in [7, 11) is 0. The van der Waals surface area contributed by atoms with E-state index in [4.69, 9.17) is 4.74 Å². The summed E-state index contributed by atoms with van der Waals surface area (Å²) >= 11 is 0. The highest BCUT2D eigenvalue weighted by Crippen LogP contribution is 2.29. The summed E-state index contributed by atoms with van der Waals surface area (Å²) in [6.45, 7) is 4.94. The number of esters is 1. The largest absolute Gasteiger partial charge is 0.466 e. The lowest BCUT2D eigenvalue weighted by molar-refractivity contribution is -0.143. The van der Waals surface area contributed by atoms with Gasteiger partial charge >= 0.3 is 5.97 Å². The van der Waals surface area contributed by atoms with Crippen LogP contribution in [-0.4, -0.2) is 29.6 Å². The van der Waals surface area contributed by atoms with E-state index in [1.807, 2.05) is 12.2 Å². The molecule has 1 aliphatic rings. The van der Waals surface area contributed by atoms with Crippen molar-refractivity contribution in [3.8, 4) is 0 Å². The molecule has 4 heteroatoms. The second kappa shape index (κ2) is 20.9. The van der Waals surface area contributed by atoms with E-state index in [0.717, 1.165) is 64.2 Å². The second-order valence-electron chi connectivity index (χ2n) is 10.1. The first-order chi connectivity index (χ1) is 16.6. The number of rotatable bonds is 22. The molecule has 0 heterocycles. The number of aliphatic hydroxyl groups excluding tert-OH is 1. The molecule has 0 aromatic heterocycles. The van der Waals surface area contributed by atoms with Gasteiger partial charge in [0.25, 0.3) is 0 Å². The Hall–Kier alpha value is -1.42. The molecular formula is C30H52O4. The lowest BCUT2D eigenvalue weighted by Crippen LogP contribution is -2.14. The van der Waals surface area contributed by atoms with Crippen LogP contribution in [0, 0.1) is 11.8 Å². The predicted octanol–water partition coefficient (Wildman–Crippen LogP) is 7.88. The summed E-state index contributed by atoms with van der Waals surface area (Å²) in [6, 6.07) is 0. The van der Waals surface area contributed by atoms with Gasteiger partial charge in [-0.2, -0.15) is 0 Å². The van der Waals surface area contributed by atoms with Crippen molar-refractivity contribution in [3.05, 3.63) is 24.3 Å². The van der Waals surface area contributed by atoms with E-state index >= 15 is 0 Å². The number of hydrogen-bond acceptors (Lipinski definition) is 4. The third-order valence-corrected chi connectivity index (χ3v) is 6.88. The molecule has 0 saturated carbocycles. The number of allylic oxidation sites excluding steroid dienone is 3. The van der Waals surface area contributed by atoms with Crippen molar-refractivity contribution >= 4 is 11.8 Å². The van der Waals surface area contributed by atoms with E-state index in [-0.39, 0.29) is 29.7 Å². The smallest absolute Gasteiger partial charge is 0.305 e. The van der Waals surface area contributed by atoms with E-state index in [1.54, 1.807) is 6.08 Å². The molecule has 1 aliphatic carbocycles. The molecule has 0 aromatic carbocycles. The van der Waals surface area contributed by atoms with Crippen molar-refractivity contribution in [3.63, 3.8) is 0 Å². The predicted molar refractivity (Wildman–Crippen MR) is 142 cm³/mol. The Morgan fingerprint density at radius 1 is 0.941 bits per heavy atom. The maximum Gasteiger partial charge on any atom is 0.305 e. The molecule has 0 amide bonds. The highest BCUT2D eigenvalue weighted by Gasteiger charge is 2.27. The lowest BCUT2D eigenvalue weighted by Gasteiger charge is -2.15. The van der Waals surface area contributed by atoms with Crippen LogP contribution >= 0.6 is 0 Å². The topological polar surface area (TPSA) is 63.6 Å². The minimum atomic E-state index is -0.275. The van der Waals surface area contributed by atoms with Crippen molar-refractivity contribution in [2.24, 2.45) is 11.8 Å². The minimum absolute atomic E-state index is 0.0423. The Bertz CT molecular complexity index is 580. The van der Waals surface area contributed by atoms with E-state index in [2.05, 4.69) is 19.9 Å². The summed E-state index contributed by atoms with van der Waals surface area (Å²) in [4.78, 5) is 24.1. The van der Waals surface area contributed by atoms with Gasteiger partial charge in [-0.3, -0.25) is 9.59 Å². The van der Waals surface area contributed by atoms with E-state index in [1.165, 1.54) is 38.5 Å². The zero-order chi connectivity index (χ0) is 24.9. The lowest BCUT2D eigenvalue weighted by atomic mass is 9.88. The number of carbonyl (C=O) groups is 2. The standard InChI is InChI=1S/C30H52O4/c1-3-5-7-8-9-10-13-16-25-34-30(33)22-15-12-11-14-21-28-26(23-24-29(28)32)18-17-20-27(31)19-6-4-2/h17-18,23-24,26-28,31H,3-16,19-22,25H2,1-2H3/b18-17+/t26-,27?,28+/m0/s1. The third kappa shape index (κ3) is 15.5. The highest BCUT2D eigenvalue weighted by molar-refractivity contribution is 5.94. The van der Waals surface area contributed by atoms with Crippen LogP contribution in [0.3, 0.4) is 0 Å². The van der Waals surface area contributed by atoms with E-state index in [9.17, 15) is 14.7 Å². The molecule has 196 valence electrons. The van der Waals surface area contributed by atoms with Crippen molar-refractivity contribution in [1.82, 2.24) is 0 Å². The number of ether oxygens (including phenoxy) is 1. The first-order valence-corrected chi connectivity index (χ1v) is 14.3. The normalized spacial score (nSPS) is 18.7. The quantitative estimate of drug-likeness (QED) is 0.0980. The van der Waals surface area contributed by atoms with Crippen LogP contribution in [0.15, 0.2) is 24.3 Å². The number of carbonyl (C=O) groups excluding carboxylic acids is 2. The molecule has 4 nitrogen and oxygen atoms in total. The molecule has 3 atom stereocenters. The fourth-order valence-corrected chi connectivity index (χ4v) is 4.62. The third-order valence-electron chi connectivity index (χ3n) is 6.88. The zero-order valence-electron chi connectivity index (χ0n) is 22.1. The minimum Gasteiger partial charge on any atom is -0.466 e. The van der Waals surface area contributed by atoms with Crippen LogP contribution in [0.2, 0.25) is 0 Å². The van der Waals surface area contributed by atoms with Crippen molar-refractivity contribution in [2.75, 3.05) is 6.61 Å². The van der Waals surface area contributed by atoms with Crippen molar-refractivity contribution in [1.29, 1.82) is 0 Å². The Labute approximate surface area is 209 Å². The summed E-state index contributed by atoms with van der Waals surface area (Å²) in [5, 5.41) is 9.98. The van der Waals surface area contributed by atoms with Gasteiger partial charge in [0.15, 0.2) is 5.78 Å². The summed E-state index contributed by atoms with van der Waals surface area (Å²) in [6.07, 6.45) is 26.6. The van der Waals surface area contributed by atoms with Crippen LogP contribution in [0.4, 0.5) is 0 Å².